The minimum atomic E-state index is -0.935. The average molecular weight is 328 g/mol. The van der Waals surface area contributed by atoms with E-state index in [4.69, 9.17) is 9.84 Å². The van der Waals surface area contributed by atoms with Crippen molar-refractivity contribution >= 4 is 17.9 Å². The van der Waals surface area contributed by atoms with Gasteiger partial charge in [-0.1, -0.05) is 33.1 Å². The van der Waals surface area contributed by atoms with Crippen molar-refractivity contribution in [3.05, 3.63) is 36.5 Å². The summed E-state index contributed by atoms with van der Waals surface area (Å²) < 4.78 is 9.08. The highest BCUT2D eigenvalue weighted by molar-refractivity contribution is 5.87. The first-order chi connectivity index (χ1) is 10.5. The van der Waals surface area contributed by atoms with E-state index < -0.39 is 5.97 Å². The van der Waals surface area contributed by atoms with Crippen molar-refractivity contribution in [1.82, 2.24) is 0 Å². The number of carboxylic acids is 1. The zero-order chi connectivity index (χ0) is 19.0. The number of aliphatic carboxylic acids is 1. The lowest BCUT2D eigenvalue weighted by Crippen LogP contribution is -2.05. The van der Waals surface area contributed by atoms with Gasteiger partial charge in [0, 0.05) is 16.7 Å². The van der Waals surface area contributed by atoms with Gasteiger partial charge in [-0.15, -0.1) is 0 Å². The lowest BCUT2D eigenvalue weighted by atomic mass is 10.3. The predicted molar refractivity (Wildman–Crippen MR) is 90.0 cm³/mol. The number of esters is 2. The molecule has 0 bridgehead atoms. The third kappa shape index (κ3) is 22.1. The Kier molecular flexibility index (Phi) is 17.8. The molecular formula is C17H28O6. The van der Waals surface area contributed by atoms with Gasteiger partial charge in [0.1, 0.15) is 0 Å². The molecule has 0 aliphatic carbocycles. The molecule has 0 aromatic heterocycles. The zero-order valence-corrected chi connectivity index (χ0v) is 14.7. The van der Waals surface area contributed by atoms with E-state index in [1.165, 1.54) is 14.0 Å². The summed E-state index contributed by atoms with van der Waals surface area (Å²) in [6.45, 7) is 17.2. The first kappa shape index (κ1) is 25.6. The summed E-state index contributed by atoms with van der Waals surface area (Å²) in [4.78, 5) is 30.5. The van der Waals surface area contributed by atoms with E-state index in [9.17, 15) is 14.4 Å². The van der Waals surface area contributed by atoms with Crippen LogP contribution in [0.4, 0.5) is 0 Å². The van der Waals surface area contributed by atoms with Gasteiger partial charge in [-0.05, 0) is 27.2 Å². The van der Waals surface area contributed by atoms with Crippen LogP contribution in [0.25, 0.3) is 0 Å². The van der Waals surface area contributed by atoms with Crippen LogP contribution in [0.5, 0.6) is 0 Å². The summed E-state index contributed by atoms with van der Waals surface area (Å²) in [5, 5.41) is 7.89. The molecule has 0 aromatic carbocycles. The highest BCUT2D eigenvalue weighted by atomic mass is 16.5. The van der Waals surface area contributed by atoms with E-state index in [1.807, 2.05) is 0 Å². The molecule has 0 aliphatic heterocycles. The molecule has 0 atom stereocenters. The summed E-state index contributed by atoms with van der Waals surface area (Å²) >= 11 is 0. The number of carbonyl (C=O) groups excluding carboxylic acids is 2. The molecule has 6 heteroatoms. The predicted octanol–water partition coefficient (Wildman–Crippen LogP) is 3.29. The van der Waals surface area contributed by atoms with Crippen LogP contribution < -0.4 is 0 Å². The molecule has 6 nitrogen and oxygen atoms in total. The van der Waals surface area contributed by atoms with Gasteiger partial charge in [0.15, 0.2) is 0 Å². The number of carbonyl (C=O) groups is 3. The van der Waals surface area contributed by atoms with Gasteiger partial charge in [0.2, 0.25) is 0 Å². The van der Waals surface area contributed by atoms with Crippen LogP contribution >= 0.6 is 0 Å². The normalized spacial score (nSPS) is 8.22. The van der Waals surface area contributed by atoms with E-state index in [-0.39, 0.29) is 17.5 Å². The van der Waals surface area contributed by atoms with Crippen LogP contribution in [-0.4, -0.2) is 36.7 Å². The summed E-state index contributed by atoms with van der Waals surface area (Å²) in [5.41, 5.74) is 1.08. The van der Waals surface area contributed by atoms with Gasteiger partial charge in [0.25, 0.3) is 0 Å². The Morgan fingerprint density at radius 1 is 0.913 bits per heavy atom. The maximum Gasteiger partial charge on any atom is 0.333 e. The van der Waals surface area contributed by atoms with Crippen LogP contribution in [0, 0.1) is 0 Å². The molecule has 0 spiro atoms. The summed E-state index contributed by atoms with van der Waals surface area (Å²) in [6, 6.07) is 0. The highest BCUT2D eigenvalue weighted by Gasteiger charge is 2.00. The molecule has 0 amide bonds. The van der Waals surface area contributed by atoms with E-state index in [2.05, 4.69) is 31.4 Å². The number of ether oxygens (including phenoxy) is 2. The Morgan fingerprint density at radius 3 is 1.48 bits per heavy atom. The lowest BCUT2D eigenvalue weighted by Gasteiger charge is -2.01. The number of hydrogen-bond acceptors (Lipinski definition) is 5. The van der Waals surface area contributed by atoms with Crippen molar-refractivity contribution in [2.24, 2.45) is 0 Å². The number of hydrogen-bond donors (Lipinski definition) is 1. The third-order valence-corrected chi connectivity index (χ3v) is 1.98. The third-order valence-electron chi connectivity index (χ3n) is 1.98. The fourth-order valence-corrected chi connectivity index (χ4v) is 0.607. The Hall–Kier alpha value is -2.37. The summed E-state index contributed by atoms with van der Waals surface area (Å²) in [7, 11) is 1.33. The van der Waals surface area contributed by atoms with Crippen LogP contribution in [0.2, 0.25) is 0 Å². The van der Waals surface area contributed by atoms with E-state index >= 15 is 0 Å². The fourth-order valence-electron chi connectivity index (χ4n) is 0.607. The molecule has 0 saturated carbocycles. The molecule has 0 fully saturated rings. The Bertz CT molecular complexity index is 422. The van der Waals surface area contributed by atoms with Crippen molar-refractivity contribution in [3.8, 4) is 0 Å². The number of carboxylic acid groups (broad SMARTS) is 1. The molecule has 0 aromatic rings. The maximum atomic E-state index is 10.7. The van der Waals surface area contributed by atoms with Gasteiger partial charge < -0.3 is 14.6 Å². The first-order valence-corrected chi connectivity index (χ1v) is 6.96. The largest absolute Gasteiger partial charge is 0.478 e. The fraction of sp³-hybridized carbons (Fsp3) is 0.471. The molecule has 0 rings (SSSR count). The molecular weight excluding hydrogens is 300 g/mol. The first-order valence-electron chi connectivity index (χ1n) is 6.96. The molecule has 0 radical (unpaired) electrons. The SMILES string of the molecule is C=C(C)C(=O)O.C=C(C)C(=O)OC.C=C(C)C(=O)OCCCC. The molecule has 132 valence electrons. The lowest BCUT2D eigenvalue weighted by molar-refractivity contribution is -0.139. The minimum Gasteiger partial charge on any atom is -0.478 e. The summed E-state index contributed by atoms with van der Waals surface area (Å²) in [5.74, 6) is -1.57. The second-order valence-electron chi connectivity index (χ2n) is 4.63. The van der Waals surface area contributed by atoms with Crippen LogP contribution in [0.15, 0.2) is 36.5 Å². The highest BCUT2D eigenvalue weighted by Crippen LogP contribution is 1.94. The van der Waals surface area contributed by atoms with Crippen molar-refractivity contribution in [3.63, 3.8) is 0 Å². The van der Waals surface area contributed by atoms with Gasteiger partial charge >= 0.3 is 17.9 Å². The van der Waals surface area contributed by atoms with E-state index in [0.29, 0.717) is 17.8 Å². The molecule has 0 aliphatic rings. The maximum absolute atomic E-state index is 10.7. The van der Waals surface area contributed by atoms with E-state index in [1.54, 1.807) is 13.8 Å². The molecule has 1 N–H and O–H groups in total. The van der Waals surface area contributed by atoms with Crippen molar-refractivity contribution in [2.75, 3.05) is 13.7 Å². The smallest absolute Gasteiger partial charge is 0.333 e. The number of rotatable bonds is 6. The van der Waals surface area contributed by atoms with Gasteiger partial charge in [-0.2, -0.15) is 0 Å². The van der Waals surface area contributed by atoms with Crippen molar-refractivity contribution in [1.29, 1.82) is 0 Å². The van der Waals surface area contributed by atoms with Crippen molar-refractivity contribution in [2.45, 2.75) is 40.5 Å². The van der Waals surface area contributed by atoms with Crippen LogP contribution in [0.3, 0.4) is 0 Å². The van der Waals surface area contributed by atoms with Crippen molar-refractivity contribution < 1.29 is 29.0 Å². The second-order valence-corrected chi connectivity index (χ2v) is 4.63. The van der Waals surface area contributed by atoms with Gasteiger partial charge in [-0.25, -0.2) is 14.4 Å². The Balaban J connectivity index is -0.000000272. The standard InChI is InChI=1S/C8H14O2.C5H8O2.C4H6O2/c1-4-5-6-10-8(9)7(2)3;1-4(2)5(6)7-3;1-3(2)4(5)6/h2,4-6H2,1,3H3;1H2,2-3H3;1H2,2H3,(H,5,6). The number of methoxy groups -OCH3 is 1. The second kappa shape index (κ2) is 16.0. The van der Waals surface area contributed by atoms with E-state index in [0.717, 1.165) is 12.8 Å². The Morgan fingerprint density at radius 2 is 1.30 bits per heavy atom. The molecule has 0 saturated heterocycles. The molecule has 0 unspecified atom stereocenters. The van der Waals surface area contributed by atoms with Crippen LogP contribution in [0.1, 0.15) is 40.5 Å². The zero-order valence-electron chi connectivity index (χ0n) is 14.7. The monoisotopic (exact) mass is 328 g/mol. The topological polar surface area (TPSA) is 89.9 Å². The average Bonchev–Trinajstić information content (AvgIpc) is 2.47. The van der Waals surface area contributed by atoms with Gasteiger partial charge in [-0.3, -0.25) is 0 Å². The molecule has 23 heavy (non-hydrogen) atoms. The van der Waals surface area contributed by atoms with Gasteiger partial charge in [0.05, 0.1) is 13.7 Å². The minimum absolute atomic E-state index is 0.176. The Labute approximate surface area is 138 Å². The quantitative estimate of drug-likeness (QED) is 0.457. The molecule has 0 heterocycles. The number of unbranched alkanes of at least 4 members (excludes halogenated alkanes) is 1. The summed E-state index contributed by atoms with van der Waals surface area (Å²) in [6.07, 6.45) is 1.97. The van der Waals surface area contributed by atoms with Crippen LogP contribution in [-0.2, 0) is 23.9 Å².